The van der Waals surface area contributed by atoms with Crippen LogP contribution in [-0.2, 0) is 15.1 Å². The van der Waals surface area contributed by atoms with E-state index in [0.717, 1.165) is 47.9 Å². The number of carbonyl (C=O) groups is 3. The van der Waals surface area contributed by atoms with Crippen molar-refractivity contribution in [3.63, 3.8) is 0 Å². The van der Waals surface area contributed by atoms with Crippen molar-refractivity contribution in [2.75, 3.05) is 11.9 Å². The van der Waals surface area contributed by atoms with E-state index in [4.69, 9.17) is 4.74 Å². The molecule has 2 saturated carbocycles. The number of carbonyl (C=O) groups excluding carboxylic acids is 2. The first-order chi connectivity index (χ1) is 22.7. The number of amides is 3. The van der Waals surface area contributed by atoms with E-state index in [1.165, 1.54) is 4.90 Å². The Morgan fingerprint density at radius 2 is 1.60 bits per heavy atom. The third kappa shape index (κ3) is 8.31. The summed E-state index contributed by atoms with van der Waals surface area (Å²) in [6, 6.07) is 19.3. The summed E-state index contributed by atoms with van der Waals surface area (Å²) in [5, 5.41) is 35.0. The third-order valence-electron chi connectivity index (χ3n) is 9.28. The second kappa shape index (κ2) is 13.9. The van der Waals surface area contributed by atoms with Gasteiger partial charge in [0.1, 0.15) is 11.3 Å². The molecule has 0 bridgehead atoms. The molecule has 0 unspecified atom stereocenters. The molecule has 5 rings (SSSR count). The third-order valence-corrected chi connectivity index (χ3v) is 9.28. The molecule has 2 fully saturated rings. The molecule has 1 aromatic heterocycles. The highest BCUT2D eigenvalue weighted by Gasteiger charge is 2.53. The van der Waals surface area contributed by atoms with Crippen LogP contribution in [0.4, 0.5) is 15.4 Å². The van der Waals surface area contributed by atoms with Gasteiger partial charge in [-0.3, -0.25) is 4.79 Å². The maximum atomic E-state index is 13.1. The highest BCUT2D eigenvalue weighted by molar-refractivity contribution is 5.91. The number of aromatic nitrogens is 2. The van der Waals surface area contributed by atoms with Crippen LogP contribution < -0.4 is 10.6 Å². The normalized spacial score (nSPS) is 23.8. The molecular formula is C37H47N5O6. The summed E-state index contributed by atoms with van der Waals surface area (Å²) in [6.07, 6.45) is 2.70. The van der Waals surface area contributed by atoms with Gasteiger partial charge in [0.05, 0.1) is 11.1 Å². The molecule has 1 heterocycles. The lowest BCUT2D eigenvalue weighted by Crippen LogP contribution is -2.62. The number of nitrogens with zero attached hydrogens (tertiary/aromatic N) is 3. The van der Waals surface area contributed by atoms with Crippen molar-refractivity contribution in [1.29, 1.82) is 0 Å². The van der Waals surface area contributed by atoms with Gasteiger partial charge in [0, 0.05) is 43.0 Å². The van der Waals surface area contributed by atoms with Crippen LogP contribution in [0.1, 0.15) is 85.1 Å². The predicted molar refractivity (Wildman–Crippen MR) is 183 cm³/mol. The topological polar surface area (TPSA) is 154 Å². The summed E-state index contributed by atoms with van der Waals surface area (Å²) in [7, 11) is 0. The van der Waals surface area contributed by atoms with Gasteiger partial charge < -0.3 is 30.5 Å². The zero-order valence-electron chi connectivity index (χ0n) is 28.5. The van der Waals surface area contributed by atoms with Crippen LogP contribution in [0.25, 0.3) is 22.4 Å². The standard InChI is InChI=1S/C37H47N5O6/c1-6-42(34(45)46)28-18-12-24(13-19-28)20-31(43)38-30-21-29(25-10-8-7-9-11-25)32(41-40-30)26-14-16-27(17-15-26)37(22-36(5,47)23-37)39-33(44)48-35(2,3)4/h7-11,14-17,21,24,28,47H,6,12-13,18-20,22-23H2,1-5H3,(H,39,44)(H,45,46)(H,38,40,43). The molecule has 11 nitrogen and oxygen atoms in total. The maximum absolute atomic E-state index is 13.1. The average Bonchev–Trinajstić information content (AvgIpc) is 3.00. The highest BCUT2D eigenvalue weighted by atomic mass is 16.6. The number of anilines is 1. The van der Waals surface area contributed by atoms with Gasteiger partial charge in [-0.15, -0.1) is 10.2 Å². The minimum Gasteiger partial charge on any atom is -0.465 e. The molecule has 2 aliphatic carbocycles. The van der Waals surface area contributed by atoms with Crippen molar-refractivity contribution in [3.05, 3.63) is 66.2 Å². The Morgan fingerprint density at radius 3 is 2.17 bits per heavy atom. The van der Waals surface area contributed by atoms with Crippen LogP contribution in [0.3, 0.4) is 0 Å². The minimum absolute atomic E-state index is 0.00286. The monoisotopic (exact) mass is 657 g/mol. The Morgan fingerprint density at radius 1 is 0.958 bits per heavy atom. The summed E-state index contributed by atoms with van der Waals surface area (Å²) < 4.78 is 5.52. The van der Waals surface area contributed by atoms with E-state index in [0.29, 0.717) is 37.3 Å². The zero-order valence-corrected chi connectivity index (χ0v) is 28.5. The number of rotatable bonds is 9. The van der Waals surface area contributed by atoms with Gasteiger partial charge in [-0.2, -0.15) is 0 Å². The number of nitrogens with one attached hydrogen (secondary N) is 2. The number of alkyl carbamates (subject to hydrolysis) is 1. The van der Waals surface area contributed by atoms with E-state index in [2.05, 4.69) is 20.8 Å². The molecule has 0 saturated heterocycles. The van der Waals surface area contributed by atoms with Crippen molar-refractivity contribution >= 4 is 23.9 Å². The van der Waals surface area contributed by atoms with Gasteiger partial charge in [0.2, 0.25) is 5.91 Å². The zero-order chi connectivity index (χ0) is 34.7. The Hall–Kier alpha value is -4.51. The largest absolute Gasteiger partial charge is 0.465 e. The summed E-state index contributed by atoms with van der Waals surface area (Å²) >= 11 is 0. The van der Waals surface area contributed by atoms with Gasteiger partial charge >= 0.3 is 12.2 Å². The Bertz CT molecular complexity index is 1600. The number of hydrogen-bond donors (Lipinski definition) is 4. The molecule has 0 aliphatic heterocycles. The lowest BCUT2D eigenvalue weighted by atomic mass is 9.62. The molecule has 0 radical (unpaired) electrons. The maximum Gasteiger partial charge on any atom is 0.408 e. The first-order valence-corrected chi connectivity index (χ1v) is 16.7. The van der Waals surface area contributed by atoms with Crippen LogP contribution in [0.5, 0.6) is 0 Å². The van der Waals surface area contributed by atoms with Gasteiger partial charge in [0.25, 0.3) is 0 Å². The first-order valence-electron chi connectivity index (χ1n) is 16.7. The first kappa shape index (κ1) is 34.8. The molecule has 3 aromatic rings. The molecule has 0 atom stereocenters. The van der Waals surface area contributed by atoms with Crippen molar-refractivity contribution < 1.29 is 29.3 Å². The van der Waals surface area contributed by atoms with Crippen LogP contribution in [-0.4, -0.2) is 67.2 Å². The van der Waals surface area contributed by atoms with E-state index >= 15 is 0 Å². The summed E-state index contributed by atoms with van der Waals surface area (Å²) in [5.74, 6) is 0.391. The Kier molecular flexibility index (Phi) is 10.1. The number of ether oxygens (including phenoxy) is 1. The van der Waals surface area contributed by atoms with Gasteiger partial charge in [-0.1, -0.05) is 54.6 Å². The SMILES string of the molecule is CCN(C(=O)O)C1CCC(CC(=O)Nc2cc(-c3ccccc3)c(-c3ccc(C4(NC(=O)OC(C)(C)C)CC(C)(O)C4)cc3)nn2)CC1. The van der Waals surface area contributed by atoms with Gasteiger partial charge in [-0.05, 0) is 83.4 Å². The summed E-state index contributed by atoms with van der Waals surface area (Å²) in [4.78, 5) is 38.8. The second-order valence-electron chi connectivity index (χ2n) is 14.5. The lowest BCUT2D eigenvalue weighted by molar-refractivity contribution is -0.117. The van der Waals surface area contributed by atoms with E-state index in [-0.39, 0.29) is 17.9 Å². The lowest BCUT2D eigenvalue weighted by Gasteiger charge is -2.52. The second-order valence-corrected chi connectivity index (χ2v) is 14.5. The van der Waals surface area contributed by atoms with Crippen LogP contribution in [0.2, 0.25) is 0 Å². The van der Waals surface area contributed by atoms with Crippen molar-refractivity contribution in [2.24, 2.45) is 5.92 Å². The highest BCUT2D eigenvalue weighted by Crippen LogP contribution is 2.48. The van der Waals surface area contributed by atoms with E-state index < -0.39 is 28.9 Å². The molecule has 2 aromatic carbocycles. The number of aliphatic hydroxyl groups is 1. The molecule has 4 N–H and O–H groups in total. The smallest absolute Gasteiger partial charge is 0.408 e. The van der Waals surface area contributed by atoms with Crippen LogP contribution >= 0.6 is 0 Å². The van der Waals surface area contributed by atoms with Gasteiger partial charge in [-0.25, -0.2) is 9.59 Å². The molecule has 256 valence electrons. The average molecular weight is 658 g/mol. The molecule has 48 heavy (non-hydrogen) atoms. The van der Waals surface area contributed by atoms with Crippen molar-refractivity contribution in [1.82, 2.24) is 20.4 Å². The van der Waals surface area contributed by atoms with E-state index in [9.17, 15) is 24.6 Å². The fourth-order valence-electron chi connectivity index (χ4n) is 7.23. The number of carboxylic acid groups (broad SMARTS) is 1. The fraction of sp³-hybridized carbons (Fsp3) is 0.486. The van der Waals surface area contributed by atoms with Gasteiger partial charge in [0.15, 0.2) is 5.82 Å². The Labute approximate surface area is 282 Å². The summed E-state index contributed by atoms with van der Waals surface area (Å²) in [6.45, 7) is 9.49. The van der Waals surface area contributed by atoms with Crippen LogP contribution in [0, 0.1) is 5.92 Å². The van der Waals surface area contributed by atoms with Crippen LogP contribution in [0.15, 0.2) is 60.7 Å². The van der Waals surface area contributed by atoms with E-state index in [1.807, 2.05) is 88.4 Å². The minimum atomic E-state index is -0.907. The Balaban J connectivity index is 1.32. The molecule has 2 aliphatic rings. The van der Waals surface area contributed by atoms with Crippen molar-refractivity contribution in [2.45, 2.75) is 102 Å². The number of benzene rings is 2. The molecule has 0 spiro atoms. The quantitative estimate of drug-likeness (QED) is 0.193. The van der Waals surface area contributed by atoms with Crippen molar-refractivity contribution in [3.8, 4) is 22.4 Å². The molecule has 11 heteroatoms. The fourth-order valence-corrected chi connectivity index (χ4v) is 7.23. The number of hydrogen-bond acceptors (Lipinski definition) is 7. The molecular weight excluding hydrogens is 610 g/mol. The predicted octanol–water partition coefficient (Wildman–Crippen LogP) is 6.96. The summed E-state index contributed by atoms with van der Waals surface area (Å²) in [5.41, 5.74) is 1.68. The molecule has 3 amide bonds. The van der Waals surface area contributed by atoms with E-state index in [1.54, 1.807) is 6.92 Å².